The van der Waals surface area contributed by atoms with Crippen molar-refractivity contribution in [2.24, 2.45) is 0 Å². The van der Waals surface area contributed by atoms with Crippen LogP contribution in [0.5, 0.6) is 0 Å². The number of hydrogen-bond acceptors (Lipinski definition) is 3. The Morgan fingerprint density at radius 2 is 1.82 bits per heavy atom. The quantitative estimate of drug-likeness (QED) is 0.768. The van der Waals surface area contributed by atoms with Gasteiger partial charge in [-0.2, -0.15) is 0 Å². The lowest BCUT2D eigenvalue weighted by atomic mass is 9.94. The number of rotatable bonds is 5. The predicted octanol–water partition coefficient (Wildman–Crippen LogP) is 1.35. The predicted molar refractivity (Wildman–Crippen MR) is 76.5 cm³/mol. The van der Waals surface area contributed by atoms with Crippen LogP contribution in [0.3, 0.4) is 0 Å². The molecule has 2 rings (SSSR count). The number of carbonyl (C=O) groups is 1. The average molecular weight is 314 g/mol. The van der Waals surface area contributed by atoms with Gasteiger partial charge in [0.2, 0.25) is 0 Å². The summed E-state index contributed by atoms with van der Waals surface area (Å²) in [6.45, 7) is 1.35. The molecule has 0 unspecified atom stereocenters. The summed E-state index contributed by atoms with van der Waals surface area (Å²) < 4.78 is 31.2. The Hall–Kier alpha value is -1.73. The van der Waals surface area contributed by atoms with E-state index in [9.17, 15) is 18.7 Å². The molecular weight excluding hydrogens is 294 g/mol. The first-order valence-corrected chi connectivity index (χ1v) is 7.24. The first kappa shape index (κ1) is 16.6. The Balaban J connectivity index is 1.69. The molecule has 1 aromatic rings. The maximum Gasteiger partial charge on any atom is 0.314 e. The molecule has 122 valence electrons. The average Bonchev–Trinajstić information content (AvgIpc) is 2.45. The van der Waals surface area contributed by atoms with E-state index in [1.54, 1.807) is 0 Å². The van der Waals surface area contributed by atoms with Gasteiger partial charge in [0.25, 0.3) is 0 Å². The van der Waals surface area contributed by atoms with Crippen molar-refractivity contribution in [2.75, 3.05) is 26.3 Å². The molecular formula is C15H20F2N2O3. The van der Waals surface area contributed by atoms with Crippen LogP contribution in [0.4, 0.5) is 13.6 Å². The van der Waals surface area contributed by atoms with Crippen molar-refractivity contribution in [3.8, 4) is 0 Å². The van der Waals surface area contributed by atoms with Crippen molar-refractivity contribution in [3.05, 3.63) is 35.4 Å². The van der Waals surface area contributed by atoms with E-state index in [0.29, 0.717) is 38.0 Å². The zero-order chi connectivity index (χ0) is 16.0. The third-order valence-corrected chi connectivity index (χ3v) is 3.62. The van der Waals surface area contributed by atoms with E-state index < -0.39 is 23.3 Å². The van der Waals surface area contributed by atoms with Crippen molar-refractivity contribution < 1.29 is 23.4 Å². The van der Waals surface area contributed by atoms with E-state index >= 15 is 0 Å². The van der Waals surface area contributed by atoms with Crippen LogP contribution in [0.25, 0.3) is 0 Å². The number of halogens is 2. The van der Waals surface area contributed by atoms with E-state index in [2.05, 4.69) is 10.6 Å². The molecule has 1 aliphatic heterocycles. The molecule has 0 bridgehead atoms. The third-order valence-electron chi connectivity index (χ3n) is 3.62. The zero-order valence-corrected chi connectivity index (χ0v) is 12.2. The normalized spacial score (nSPS) is 17.0. The highest BCUT2D eigenvalue weighted by Gasteiger charge is 2.29. The number of hydrogen-bond donors (Lipinski definition) is 3. The molecule has 0 aliphatic carbocycles. The maximum absolute atomic E-state index is 13.0. The van der Waals surface area contributed by atoms with Crippen molar-refractivity contribution in [1.29, 1.82) is 0 Å². The van der Waals surface area contributed by atoms with Crippen LogP contribution in [-0.4, -0.2) is 43.0 Å². The highest BCUT2D eigenvalue weighted by molar-refractivity contribution is 5.73. The van der Waals surface area contributed by atoms with Crippen LogP contribution in [-0.2, 0) is 11.2 Å². The van der Waals surface area contributed by atoms with Crippen LogP contribution in [0.1, 0.15) is 18.4 Å². The van der Waals surface area contributed by atoms with E-state index in [4.69, 9.17) is 4.74 Å². The van der Waals surface area contributed by atoms with Gasteiger partial charge in [-0.1, -0.05) is 0 Å². The first-order chi connectivity index (χ1) is 10.5. The highest BCUT2D eigenvalue weighted by Crippen LogP contribution is 2.19. The molecule has 0 saturated carbocycles. The fraction of sp³-hybridized carbons (Fsp3) is 0.533. The van der Waals surface area contributed by atoms with E-state index in [-0.39, 0.29) is 13.1 Å². The molecule has 0 radical (unpaired) electrons. The Bertz CT molecular complexity index is 499. The van der Waals surface area contributed by atoms with Crippen LogP contribution < -0.4 is 10.6 Å². The van der Waals surface area contributed by atoms with Gasteiger partial charge in [0, 0.05) is 45.2 Å². The second kappa shape index (κ2) is 7.51. The first-order valence-electron chi connectivity index (χ1n) is 7.24. The lowest BCUT2D eigenvalue weighted by Crippen LogP contribution is -2.49. The summed E-state index contributed by atoms with van der Waals surface area (Å²) in [5, 5.41) is 15.4. The lowest BCUT2D eigenvalue weighted by Gasteiger charge is -2.32. The topological polar surface area (TPSA) is 70.6 Å². The summed E-state index contributed by atoms with van der Waals surface area (Å²) in [6, 6.07) is 2.84. The fourth-order valence-corrected chi connectivity index (χ4v) is 2.31. The third kappa shape index (κ3) is 5.23. The molecule has 3 N–H and O–H groups in total. The largest absolute Gasteiger partial charge is 0.388 e. The summed E-state index contributed by atoms with van der Waals surface area (Å²) in [5.74, 6) is -1.28. The minimum Gasteiger partial charge on any atom is -0.388 e. The second-order valence-corrected chi connectivity index (χ2v) is 5.47. The highest BCUT2D eigenvalue weighted by atomic mass is 19.1. The summed E-state index contributed by atoms with van der Waals surface area (Å²) in [4.78, 5) is 11.6. The summed E-state index contributed by atoms with van der Waals surface area (Å²) in [7, 11) is 0. The van der Waals surface area contributed by atoms with Crippen molar-refractivity contribution >= 4 is 6.03 Å². The summed E-state index contributed by atoms with van der Waals surface area (Å²) in [5.41, 5.74) is -0.456. The van der Waals surface area contributed by atoms with Crippen molar-refractivity contribution in [1.82, 2.24) is 10.6 Å². The maximum atomic E-state index is 13.0. The molecule has 0 atom stereocenters. The van der Waals surface area contributed by atoms with Gasteiger partial charge >= 0.3 is 6.03 Å². The SMILES string of the molecule is O=C(NCCc1cc(F)cc(F)c1)NCC1(O)CCOCC1. The van der Waals surface area contributed by atoms with Crippen LogP contribution in [0.2, 0.25) is 0 Å². The number of carbonyl (C=O) groups excluding carboxylic acids is 1. The van der Waals surface area contributed by atoms with Gasteiger partial charge in [-0.15, -0.1) is 0 Å². The monoisotopic (exact) mass is 314 g/mol. The molecule has 0 spiro atoms. The van der Waals surface area contributed by atoms with Gasteiger partial charge in [0.1, 0.15) is 11.6 Å². The molecule has 0 aromatic heterocycles. The fourth-order valence-electron chi connectivity index (χ4n) is 2.31. The minimum atomic E-state index is -0.929. The standard InChI is InChI=1S/C15H20F2N2O3/c16-12-7-11(8-13(17)9-12)1-4-18-14(20)19-10-15(21)2-5-22-6-3-15/h7-9,21H,1-6,10H2,(H2,18,19,20). The van der Waals surface area contributed by atoms with E-state index in [1.165, 1.54) is 12.1 Å². The molecule has 1 aliphatic rings. The van der Waals surface area contributed by atoms with Crippen molar-refractivity contribution in [2.45, 2.75) is 24.9 Å². The number of benzene rings is 1. The van der Waals surface area contributed by atoms with Gasteiger partial charge in [-0.05, 0) is 24.1 Å². The van der Waals surface area contributed by atoms with Gasteiger partial charge in [-0.25, -0.2) is 13.6 Å². The van der Waals surface area contributed by atoms with E-state index in [0.717, 1.165) is 6.07 Å². The summed E-state index contributed by atoms with van der Waals surface area (Å²) >= 11 is 0. The lowest BCUT2D eigenvalue weighted by molar-refractivity contribution is -0.0600. The number of urea groups is 1. The number of ether oxygens (including phenoxy) is 1. The molecule has 5 nitrogen and oxygen atoms in total. The van der Waals surface area contributed by atoms with Crippen molar-refractivity contribution in [3.63, 3.8) is 0 Å². The van der Waals surface area contributed by atoms with Gasteiger partial charge in [0.15, 0.2) is 0 Å². The minimum absolute atomic E-state index is 0.150. The van der Waals surface area contributed by atoms with Crippen LogP contribution in [0, 0.1) is 11.6 Å². The number of aliphatic hydroxyl groups is 1. The Morgan fingerprint density at radius 3 is 2.45 bits per heavy atom. The van der Waals surface area contributed by atoms with Gasteiger partial charge in [0.05, 0.1) is 5.60 Å². The molecule has 1 saturated heterocycles. The molecule has 1 aromatic carbocycles. The zero-order valence-electron chi connectivity index (χ0n) is 12.2. The number of amides is 2. The Kier molecular flexibility index (Phi) is 5.68. The summed E-state index contributed by atoms with van der Waals surface area (Å²) in [6.07, 6.45) is 1.28. The number of nitrogens with one attached hydrogen (secondary N) is 2. The Labute approximate surface area is 127 Å². The Morgan fingerprint density at radius 1 is 1.18 bits per heavy atom. The van der Waals surface area contributed by atoms with Crippen LogP contribution in [0.15, 0.2) is 18.2 Å². The molecule has 1 heterocycles. The van der Waals surface area contributed by atoms with E-state index in [1.807, 2.05) is 0 Å². The van der Waals surface area contributed by atoms with Gasteiger partial charge < -0.3 is 20.5 Å². The molecule has 7 heteroatoms. The smallest absolute Gasteiger partial charge is 0.314 e. The molecule has 1 fully saturated rings. The van der Waals surface area contributed by atoms with Crippen LogP contribution >= 0.6 is 0 Å². The second-order valence-electron chi connectivity index (χ2n) is 5.47. The molecule has 2 amide bonds. The van der Waals surface area contributed by atoms with Gasteiger partial charge in [-0.3, -0.25) is 0 Å². The molecule has 22 heavy (non-hydrogen) atoms.